The number of hydrogen-bond acceptors (Lipinski definition) is 6. The molecule has 3 rings (SSSR count). The fourth-order valence-corrected chi connectivity index (χ4v) is 2.82. The molecule has 0 unspecified atom stereocenters. The third-order valence-electron chi connectivity index (χ3n) is 4.14. The second kappa shape index (κ2) is 7.86. The van der Waals surface area contributed by atoms with Gasteiger partial charge >= 0.3 is 5.97 Å². The maximum Gasteiger partial charge on any atom is 0.343 e. The zero-order valence-electron chi connectivity index (χ0n) is 15.6. The Morgan fingerprint density at radius 1 is 0.889 bits per heavy atom. The van der Waals surface area contributed by atoms with Crippen LogP contribution in [0.15, 0.2) is 48.0 Å². The van der Waals surface area contributed by atoms with Crippen LogP contribution in [0.25, 0.3) is 11.8 Å². The van der Waals surface area contributed by atoms with Crippen LogP contribution in [-0.4, -0.2) is 34.4 Å². The zero-order chi connectivity index (χ0) is 19.4. The standard InChI is InChI=1S/C21H20O6/c1-23-15-8-9-17(24-2)16(12-15)19-11-14(21(22)27-19)10-13-6-5-7-18(25-3)20(13)26-4/h5-12H,1-4H3/b14-10-. The fraction of sp³-hybridized carbons (Fsp3) is 0.190. The fourth-order valence-electron chi connectivity index (χ4n) is 2.82. The van der Waals surface area contributed by atoms with E-state index in [4.69, 9.17) is 23.7 Å². The Hall–Kier alpha value is -3.41. The normalized spacial score (nSPS) is 14.6. The molecule has 2 aromatic carbocycles. The van der Waals surface area contributed by atoms with Crippen LogP contribution in [-0.2, 0) is 9.53 Å². The van der Waals surface area contributed by atoms with Crippen molar-refractivity contribution in [2.75, 3.05) is 28.4 Å². The predicted molar refractivity (Wildman–Crippen MR) is 101 cm³/mol. The molecule has 0 N–H and O–H groups in total. The van der Waals surface area contributed by atoms with Gasteiger partial charge in [-0.05, 0) is 36.4 Å². The summed E-state index contributed by atoms with van der Waals surface area (Å²) < 4.78 is 26.8. The van der Waals surface area contributed by atoms with Gasteiger partial charge in [0.25, 0.3) is 0 Å². The van der Waals surface area contributed by atoms with Gasteiger partial charge in [0.05, 0.1) is 39.6 Å². The van der Waals surface area contributed by atoms with E-state index in [1.165, 1.54) is 0 Å². The third-order valence-corrected chi connectivity index (χ3v) is 4.14. The monoisotopic (exact) mass is 368 g/mol. The zero-order valence-corrected chi connectivity index (χ0v) is 15.6. The second-order valence-corrected chi connectivity index (χ2v) is 5.65. The average Bonchev–Trinajstić information content (AvgIpc) is 3.07. The van der Waals surface area contributed by atoms with Gasteiger partial charge in [-0.3, -0.25) is 0 Å². The molecule has 0 bridgehead atoms. The Bertz CT molecular complexity index is 926. The number of para-hydroxylation sites is 1. The minimum absolute atomic E-state index is 0.390. The average molecular weight is 368 g/mol. The maximum atomic E-state index is 12.4. The third kappa shape index (κ3) is 3.60. The van der Waals surface area contributed by atoms with Gasteiger partial charge in [-0.15, -0.1) is 0 Å². The summed E-state index contributed by atoms with van der Waals surface area (Å²) in [6, 6.07) is 10.7. The van der Waals surface area contributed by atoms with Crippen molar-refractivity contribution in [1.82, 2.24) is 0 Å². The van der Waals surface area contributed by atoms with Gasteiger partial charge in [-0.25, -0.2) is 4.79 Å². The highest BCUT2D eigenvalue weighted by Crippen LogP contribution is 2.37. The largest absolute Gasteiger partial charge is 0.497 e. The van der Waals surface area contributed by atoms with E-state index in [9.17, 15) is 4.79 Å². The van der Waals surface area contributed by atoms with Gasteiger partial charge in [-0.2, -0.15) is 0 Å². The molecule has 0 aliphatic carbocycles. The number of methoxy groups -OCH3 is 4. The molecule has 1 aliphatic rings. The molecular weight excluding hydrogens is 348 g/mol. The molecule has 1 aliphatic heterocycles. The molecule has 0 aromatic heterocycles. The van der Waals surface area contributed by atoms with Crippen molar-refractivity contribution in [2.45, 2.75) is 0 Å². The smallest absolute Gasteiger partial charge is 0.343 e. The molecule has 0 spiro atoms. The summed E-state index contributed by atoms with van der Waals surface area (Å²) in [4.78, 5) is 12.4. The molecule has 0 saturated heterocycles. The van der Waals surface area contributed by atoms with Gasteiger partial charge in [0.15, 0.2) is 11.5 Å². The Morgan fingerprint density at radius 3 is 2.33 bits per heavy atom. The highest BCUT2D eigenvalue weighted by atomic mass is 16.5. The lowest BCUT2D eigenvalue weighted by atomic mass is 10.1. The first-order valence-corrected chi connectivity index (χ1v) is 8.20. The number of carbonyl (C=O) groups excluding carboxylic acids is 1. The highest BCUT2D eigenvalue weighted by Gasteiger charge is 2.25. The van der Waals surface area contributed by atoms with Crippen LogP contribution >= 0.6 is 0 Å². The summed E-state index contributed by atoms with van der Waals surface area (Å²) >= 11 is 0. The molecule has 0 radical (unpaired) electrons. The quantitative estimate of drug-likeness (QED) is 0.572. The number of ether oxygens (including phenoxy) is 5. The van der Waals surface area contributed by atoms with Gasteiger partial charge in [0, 0.05) is 5.56 Å². The van der Waals surface area contributed by atoms with E-state index in [0.29, 0.717) is 45.5 Å². The van der Waals surface area contributed by atoms with E-state index in [0.717, 1.165) is 0 Å². The number of hydrogen-bond donors (Lipinski definition) is 0. The first kappa shape index (κ1) is 18.4. The lowest BCUT2D eigenvalue weighted by Crippen LogP contribution is -1.99. The summed E-state index contributed by atoms with van der Waals surface area (Å²) in [6.45, 7) is 0. The molecule has 0 atom stereocenters. The van der Waals surface area contributed by atoms with Crippen LogP contribution in [0.3, 0.4) is 0 Å². The number of rotatable bonds is 6. The Kier molecular flexibility index (Phi) is 5.35. The minimum Gasteiger partial charge on any atom is -0.497 e. The van der Waals surface area contributed by atoms with Crippen LogP contribution in [0.1, 0.15) is 11.1 Å². The highest BCUT2D eigenvalue weighted by molar-refractivity contribution is 6.05. The Labute approximate surface area is 157 Å². The summed E-state index contributed by atoms with van der Waals surface area (Å²) in [5.74, 6) is 2.27. The Morgan fingerprint density at radius 2 is 1.67 bits per heavy atom. The van der Waals surface area contributed by atoms with Crippen molar-refractivity contribution < 1.29 is 28.5 Å². The topological polar surface area (TPSA) is 63.2 Å². The van der Waals surface area contributed by atoms with Crippen molar-refractivity contribution in [3.63, 3.8) is 0 Å². The summed E-state index contributed by atoms with van der Waals surface area (Å²) in [6.07, 6.45) is 3.36. The molecule has 0 fully saturated rings. The summed E-state index contributed by atoms with van der Waals surface area (Å²) in [7, 11) is 6.24. The van der Waals surface area contributed by atoms with Crippen LogP contribution in [0.5, 0.6) is 23.0 Å². The molecule has 1 heterocycles. The second-order valence-electron chi connectivity index (χ2n) is 5.65. The molecule has 0 saturated carbocycles. The van der Waals surface area contributed by atoms with E-state index in [-0.39, 0.29) is 0 Å². The van der Waals surface area contributed by atoms with Gasteiger partial charge < -0.3 is 23.7 Å². The van der Waals surface area contributed by atoms with Crippen molar-refractivity contribution in [1.29, 1.82) is 0 Å². The number of cyclic esters (lactones) is 1. The molecule has 27 heavy (non-hydrogen) atoms. The lowest BCUT2D eigenvalue weighted by molar-refractivity contribution is -0.130. The van der Waals surface area contributed by atoms with Crippen LogP contribution in [0, 0.1) is 0 Å². The van der Waals surface area contributed by atoms with Crippen LogP contribution < -0.4 is 18.9 Å². The molecular formula is C21H20O6. The first-order chi connectivity index (χ1) is 13.1. The first-order valence-electron chi connectivity index (χ1n) is 8.20. The van der Waals surface area contributed by atoms with Crippen molar-refractivity contribution in [3.05, 3.63) is 59.2 Å². The van der Waals surface area contributed by atoms with E-state index in [1.807, 2.05) is 12.1 Å². The van der Waals surface area contributed by atoms with Crippen molar-refractivity contribution in [2.24, 2.45) is 0 Å². The lowest BCUT2D eigenvalue weighted by Gasteiger charge is -2.10. The van der Waals surface area contributed by atoms with Crippen LogP contribution in [0.2, 0.25) is 0 Å². The molecule has 6 nitrogen and oxygen atoms in total. The minimum atomic E-state index is -0.459. The number of benzene rings is 2. The van der Waals surface area contributed by atoms with E-state index in [1.54, 1.807) is 64.9 Å². The molecule has 140 valence electrons. The molecule has 6 heteroatoms. The number of carbonyl (C=O) groups is 1. The molecule has 0 amide bonds. The van der Waals surface area contributed by atoms with E-state index in [2.05, 4.69) is 0 Å². The van der Waals surface area contributed by atoms with Crippen molar-refractivity contribution in [3.8, 4) is 23.0 Å². The Balaban J connectivity index is 2.04. The van der Waals surface area contributed by atoms with Gasteiger partial charge in [0.1, 0.15) is 17.3 Å². The van der Waals surface area contributed by atoms with E-state index >= 15 is 0 Å². The van der Waals surface area contributed by atoms with E-state index < -0.39 is 5.97 Å². The van der Waals surface area contributed by atoms with Crippen molar-refractivity contribution >= 4 is 17.8 Å². The maximum absolute atomic E-state index is 12.4. The SMILES string of the molecule is COc1ccc(OC)c(C2=C/C(=C/c3cccc(OC)c3OC)C(=O)O2)c1. The van der Waals surface area contributed by atoms with Gasteiger partial charge in [0.2, 0.25) is 0 Å². The predicted octanol–water partition coefficient (Wildman–Crippen LogP) is 3.70. The molecule has 2 aromatic rings. The van der Waals surface area contributed by atoms with Crippen LogP contribution in [0.4, 0.5) is 0 Å². The number of esters is 1. The van der Waals surface area contributed by atoms with Gasteiger partial charge in [-0.1, -0.05) is 12.1 Å². The summed E-state index contributed by atoms with van der Waals surface area (Å²) in [5, 5.41) is 0. The summed E-state index contributed by atoms with van der Waals surface area (Å²) in [5.41, 5.74) is 1.73.